The van der Waals surface area contributed by atoms with E-state index in [9.17, 15) is 13.2 Å². The first-order valence-corrected chi connectivity index (χ1v) is 11.2. The van der Waals surface area contributed by atoms with Crippen LogP contribution in [-0.4, -0.2) is 87.4 Å². The molecule has 2 rings (SSSR count). The molecule has 10 heteroatoms. The Hall–Kier alpha value is -1.88. The zero-order valence-electron chi connectivity index (χ0n) is 17.8. The molecular formula is C19H32N4O5S. The van der Waals surface area contributed by atoms with Crippen molar-refractivity contribution in [3.8, 4) is 11.5 Å². The molecule has 1 N–H and O–H groups in total. The first kappa shape index (κ1) is 23.4. The van der Waals surface area contributed by atoms with Gasteiger partial charge in [-0.25, -0.2) is 0 Å². The van der Waals surface area contributed by atoms with E-state index < -0.39 is 16.3 Å². The number of amides is 1. The maximum atomic E-state index is 12.8. The minimum absolute atomic E-state index is 0.184. The third-order valence-electron chi connectivity index (χ3n) is 5.22. The number of carbonyl (C=O) groups excluding carboxylic acids is 1. The highest BCUT2D eigenvalue weighted by molar-refractivity contribution is 7.86. The maximum absolute atomic E-state index is 12.8. The van der Waals surface area contributed by atoms with Gasteiger partial charge in [-0.15, -0.1) is 0 Å². The maximum Gasteiger partial charge on any atom is 0.282 e. The molecule has 9 nitrogen and oxygen atoms in total. The number of nitrogens with zero attached hydrogens (tertiary/aromatic N) is 3. The lowest BCUT2D eigenvalue weighted by Crippen LogP contribution is -2.56. The summed E-state index contributed by atoms with van der Waals surface area (Å²) in [6.07, 6.45) is 0. The summed E-state index contributed by atoms with van der Waals surface area (Å²) >= 11 is 0. The Bertz CT molecular complexity index is 790. The topological polar surface area (TPSA) is 91.4 Å². The van der Waals surface area contributed by atoms with Gasteiger partial charge in [0.1, 0.15) is 11.5 Å². The van der Waals surface area contributed by atoms with Crippen molar-refractivity contribution in [1.29, 1.82) is 0 Å². The van der Waals surface area contributed by atoms with E-state index in [4.69, 9.17) is 9.47 Å². The lowest BCUT2D eigenvalue weighted by atomic mass is 10.2. The summed E-state index contributed by atoms with van der Waals surface area (Å²) in [7, 11) is -0.354. The molecule has 1 saturated heterocycles. The number of anilines is 1. The van der Waals surface area contributed by atoms with Crippen LogP contribution in [0.2, 0.25) is 0 Å². The van der Waals surface area contributed by atoms with E-state index in [0.29, 0.717) is 56.5 Å². The number of methoxy groups -OCH3 is 2. The van der Waals surface area contributed by atoms with Crippen molar-refractivity contribution < 1.29 is 22.7 Å². The van der Waals surface area contributed by atoms with Gasteiger partial charge in [0.05, 0.1) is 25.9 Å². The Kier molecular flexibility index (Phi) is 8.26. The summed E-state index contributed by atoms with van der Waals surface area (Å²) in [5.74, 6) is 0.974. The van der Waals surface area contributed by atoms with E-state index in [1.165, 1.54) is 15.7 Å². The molecule has 0 aromatic heterocycles. The van der Waals surface area contributed by atoms with Gasteiger partial charge >= 0.3 is 0 Å². The second-order valence-electron chi connectivity index (χ2n) is 6.76. The summed E-state index contributed by atoms with van der Waals surface area (Å²) in [6.45, 7) is 8.07. The molecule has 0 spiro atoms. The van der Waals surface area contributed by atoms with Crippen LogP contribution in [0.25, 0.3) is 0 Å². The summed E-state index contributed by atoms with van der Waals surface area (Å²) < 4.78 is 38.8. The zero-order chi connectivity index (χ0) is 21.6. The molecule has 29 heavy (non-hydrogen) atoms. The Morgan fingerprint density at radius 1 is 1.14 bits per heavy atom. The first-order valence-electron chi connectivity index (χ1n) is 9.80. The summed E-state index contributed by atoms with van der Waals surface area (Å²) in [6, 6.07) is 4.78. The largest absolute Gasteiger partial charge is 0.497 e. The van der Waals surface area contributed by atoms with E-state index >= 15 is 0 Å². The molecule has 0 radical (unpaired) electrons. The van der Waals surface area contributed by atoms with Crippen LogP contribution in [-0.2, 0) is 15.0 Å². The average molecular weight is 429 g/mol. The van der Waals surface area contributed by atoms with E-state index in [1.807, 2.05) is 25.7 Å². The summed E-state index contributed by atoms with van der Waals surface area (Å²) in [5, 5.41) is 2.89. The van der Waals surface area contributed by atoms with Crippen molar-refractivity contribution in [2.75, 3.05) is 58.8 Å². The number of hydrogen-bond donors (Lipinski definition) is 1. The fourth-order valence-electron chi connectivity index (χ4n) is 3.35. The molecule has 1 aliphatic rings. The van der Waals surface area contributed by atoms with Crippen molar-refractivity contribution in [3.63, 3.8) is 0 Å². The zero-order valence-corrected chi connectivity index (χ0v) is 18.7. The molecule has 0 aliphatic carbocycles. The number of hydrogen-bond acceptors (Lipinski definition) is 6. The minimum Gasteiger partial charge on any atom is -0.497 e. The number of carbonyl (C=O) groups is 1. The molecule has 1 heterocycles. The SMILES string of the molecule is CCN(CC)S(=O)(=O)N1CCN([C@H](C)C(=O)Nc2cc(OC)ccc2OC)CC1. The van der Waals surface area contributed by atoms with Crippen LogP contribution in [0, 0.1) is 0 Å². The molecule has 1 aliphatic heterocycles. The van der Waals surface area contributed by atoms with Crippen molar-refractivity contribution in [1.82, 2.24) is 13.5 Å². The van der Waals surface area contributed by atoms with Crippen molar-refractivity contribution in [2.24, 2.45) is 0 Å². The Morgan fingerprint density at radius 2 is 1.76 bits per heavy atom. The van der Waals surface area contributed by atoms with E-state index in [-0.39, 0.29) is 5.91 Å². The highest BCUT2D eigenvalue weighted by Crippen LogP contribution is 2.29. The van der Waals surface area contributed by atoms with Crippen LogP contribution in [0.15, 0.2) is 18.2 Å². The third kappa shape index (κ3) is 5.39. The Labute approximate surface area is 173 Å². The van der Waals surface area contributed by atoms with Crippen LogP contribution in [0.5, 0.6) is 11.5 Å². The molecular weight excluding hydrogens is 396 g/mol. The Morgan fingerprint density at radius 3 is 2.28 bits per heavy atom. The van der Waals surface area contributed by atoms with Crippen LogP contribution in [0.3, 0.4) is 0 Å². The first-order chi connectivity index (χ1) is 13.8. The van der Waals surface area contributed by atoms with Gasteiger partial charge in [0.2, 0.25) is 5.91 Å². The smallest absolute Gasteiger partial charge is 0.282 e. The monoisotopic (exact) mass is 428 g/mol. The second-order valence-corrected chi connectivity index (χ2v) is 8.69. The predicted molar refractivity (Wildman–Crippen MR) is 113 cm³/mol. The van der Waals surface area contributed by atoms with E-state index in [0.717, 1.165) is 0 Å². The quantitative estimate of drug-likeness (QED) is 0.636. The van der Waals surface area contributed by atoms with Gasteiger partial charge in [0.25, 0.3) is 10.2 Å². The number of rotatable bonds is 9. The molecule has 1 aromatic rings. The van der Waals surface area contributed by atoms with Gasteiger partial charge in [-0.05, 0) is 19.1 Å². The predicted octanol–water partition coefficient (Wildman–Crippen LogP) is 1.24. The molecule has 1 amide bonds. The summed E-state index contributed by atoms with van der Waals surface area (Å²) in [4.78, 5) is 14.8. The van der Waals surface area contributed by atoms with Gasteiger partial charge < -0.3 is 14.8 Å². The van der Waals surface area contributed by atoms with Gasteiger partial charge in [-0.3, -0.25) is 9.69 Å². The van der Waals surface area contributed by atoms with E-state index in [1.54, 1.807) is 25.3 Å². The van der Waals surface area contributed by atoms with Crippen LogP contribution in [0.4, 0.5) is 5.69 Å². The lowest BCUT2D eigenvalue weighted by molar-refractivity contribution is -0.121. The Balaban J connectivity index is 2.00. The molecule has 0 saturated carbocycles. The van der Waals surface area contributed by atoms with Crippen molar-refractivity contribution >= 4 is 21.8 Å². The number of ether oxygens (including phenoxy) is 2. The van der Waals surface area contributed by atoms with Crippen molar-refractivity contribution in [2.45, 2.75) is 26.8 Å². The number of benzene rings is 1. The summed E-state index contributed by atoms with van der Waals surface area (Å²) in [5.41, 5.74) is 0.534. The minimum atomic E-state index is -3.45. The highest BCUT2D eigenvalue weighted by Gasteiger charge is 2.33. The molecule has 1 atom stereocenters. The van der Waals surface area contributed by atoms with Gasteiger partial charge in [-0.2, -0.15) is 17.0 Å². The highest BCUT2D eigenvalue weighted by atomic mass is 32.2. The lowest BCUT2D eigenvalue weighted by Gasteiger charge is -2.38. The third-order valence-corrected chi connectivity index (χ3v) is 7.41. The normalized spacial score (nSPS) is 17.2. The van der Waals surface area contributed by atoms with Gasteiger partial charge in [0, 0.05) is 45.3 Å². The second kappa shape index (κ2) is 10.2. The molecule has 0 bridgehead atoms. The van der Waals surface area contributed by atoms with Crippen LogP contribution >= 0.6 is 0 Å². The van der Waals surface area contributed by atoms with Gasteiger partial charge in [-0.1, -0.05) is 13.8 Å². The number of piperazine rings is 1. The standard InChI is InChI=1S/C19H32N4O5S/c1-6-22(7-2)29(25,26)23-12-10-21(11-13-23)15(3)19(24)20-17-14-16(27-4)8-9-18(17)28-5/h8-9,14-15H,6-7,10-13H2,1-5H3,(H,20,24)/t15-/m1/s1. The number of nitrogens with one attached hydrogen (secondary N) is 1. The van der Waals surface area contributed by atoms with Gasteiger partial charge in [0.15, 0.2) is 0 Å². The van der Waals surface area contributed by atoms with E-state index in [2.05, 4.69) is 5.32 Å². The fraction of sp³-hybridized carbons (Fsp3) is 0.632. The average Bonchev–Trinajstić information content (AvgIpc) is 2.73. The molecule has 1 fully saturated rings. The van der Waals surface area contributed by atoms with Crippen LogP contribution < -0.4 is 14.8 Å². The van der Waals surface area contributed by atoms with Crippen LogP contribution in [0.1, 0.15) is 20.8 Å². The molecule has 1 aromatic carbocycles. The fourth-order valence-corrected chi connectivity index (χ4v) is 4.95. The van der Waals surface area contributed by atoms with Crippen molar-refractivity contribution in [3.05, 3.63) is 18.2 Å². The molecule has 0 unspecified atom stereocenters. The molecule has 164 valence electrons.